The van der Waals surface area contributed by atoms with Crippen molar-refractivity contribution in [3.63, 3.8) is 0 Å². The summed E-state index contributed by atoms with van der Waals surface area (Å²) in [5.74, 6) is -0.923. The molecular formula is C10H19N3O4. The molecule has 0 rings (SSSR count). The Hall–Kier alpha value is -1.31. The molecule has 0 aromatic rings. The zero-order valence-corrected chi connectivity index (χ0v) is 9.69. The van der Waals surface area contributed by atoms with Crippen LogP contribution in [-0.4, -0.2) is 36.9 Å². The van der Waals surface area contributed by atoms with Gasteiger partial charge in [0.25, 0.3) is 0 Å². The number of carbonyl (C=O) groups is 3. The lowest BCUT2D eigenvalue weighted by Gasteiger charge is -2.22. The number of nitrogens with two attached hydrogens (primary N) is 3. The maximum absolute atomic E-state index is 11.4. The highest BCUT2D eigenvalue weighted by Crippen LogP contribution is 2.07. The number of hydrogen-bond acceptors (Lipinski definition) is 7. The highest BCUT2D eigenvalue weighted by molar-refractivity contribution is 5.88. The third-order valence-corrected chi connectivity index (χ3v) is 2.13. The molecule has 0 unspecified atom stereocenters. The molecule has 0 saturated heterocycles. The van der Waals surface area contributed by atoms with Crippen LogP contribution in [0.15, 0.2) is 0 Å². The minimum absolute atomic E-state index is 0.00818. The molecule has 0 atom stereocenters. The van der Waals surface area contributed by atoms with E-state index in [1.807, 2.05) is 0 Å². The second-order valence-electron chi connectivity index (χ2n) is 3.68. The largest absolute Gasteiger partial charge is 0.465 e. The van der Waals surface area contributed by atoms with Crippen LogP contribution in [0.5, 0.6) is 0 Å². The van der Waals surface area contributed by atoms with Crippen LogP contribution in [0.2, 0.25) is 0 Å². The van der Waals surface area contributed by atoms with Crippen LogP contribution in [-0.2, 0) is 19.1 Å². The van der Waals surface area contributed by atoms with E-state index in [4.69, 9.17) is 21.9 Å². The monoisotopic (exact) mass is 245 g/mol. The molecule has 0 saturated carbocycles. The van der Waals surface area contributed by atoms with Crippen LogP contribution in [0.3, 0.4) is 0 Å². The predicted molar refractivity (Wildman–Crippen MR) is 60.7 cm³/mol. The number of ketones is 1. The summed E-state index contributed by atoms with van der Waals surface area (Å²) >= 11 is 0. The molecule has 0 aromatic heterocycles. The molecule has 0 radical (unpaired) electrons. The number of hydrogen-bond donors (Lipinski definition) is 3. The summed E-state index contributed by atoms with van der Waals surface area (Å²) in [5, 5.41) is 0. The Bertz CT molecular complexity index is 279. The Morgan fingerprint density at radius 2 is 1.88 bits per heavy atom. The molecule has 0 aromatic carbocycles. The van der Waals surface area contributed by atoms with E-state index in [2.05, 4.69) is 0 Å². The summed E-state index contributed by atoms with van der Waals surface area (Å²) in [7, 11) is 0. The highest BCUT2D eigenvalue weighted by atomic mass is 16.5. The van der Waals surface area contributed by atoms with Crippen LogP contribution in [0.25, 0.3) is 0 Å². The van der Waals surface area contributed by atoms with Crippen LogP contribution in [0.4, 0.5) is 0 Å². The van der Waals surface area contributed by atoms with Gasteiger partial charge in [-0.2, -0.15) is 0 Å². The van der Waals surface area contributed by atoms with Gasteiger partial charge in [-0.05, 0) is 13.0 Å². The Balaban J connectivity index is 3.95. The second-order valence-corrected chi connectivity index (χ2v) is 3.68. The molecule has 7 heteroatoms. The van der Waals surface area contributed by atoms with Crippen molar-refractivity contribution in [3.05, 3.63) is 0 Å². The summed E-state index contributed by atoms with van der Waals surface area (Å²) in [6, 6.07) is 0. The molecule has 0 aliphatic carbocycles. The summed E-state index contributed by atoms with van der Waals surface area (Å²) in [4.78, 5) is 32.5. The van der Waals surface area contributed by atoms with E-state index in [0.29, 0.717) is 6.29 Å². The molecule has 0 heterocycles. The third-order valence-electron chi connectivity index (χ3n) is 2.13. The van der Waals surface area contributed by atoms with Gasteiger partial charge in [0.2, 0.25) is 0 Å². The molecule has 6 N–H and O–H groups in total. The maximum Gasteiger partial charge on any atom is 0.305 e. The first-order valence-electron chi connectivity index (χ1n) is 5.34. The van der Waals surface area contributed by atoms with Gasteiger partial charge in [0.1, 0.15) is 11.9 Å². The van der Waals surface area contributed by atoms with Crippen molar-refractivity contribution >= 4 is 18.0 Å². The molecule has 17 heavy (non-hydrogen) atoms. The first-order valence-corrected chi connectivity index (χ1v) is 5.34. The van der Waals surface area contributed by atoms with Crippen LogP contribution in [0, 0.1) is 0 Å². The Morgan fingerprint density at radius 3 is 2.41 bits per heavy atom. The van der Waals surface area contributed by atoms with Gasteiger partial charge in [-0.25, -0.2) is 0 Å². The Kier molecular flexibility index (Phi) is 7.27. The topological polar surface area (TPSA) is 138 Å². The second kappa shape index (κ2) is 7.88. The molecule has 0 amide bonds. The van der Waals surface area contributed by atoms with Gasteiger partial charge in [0.05, 0.1) is 6.61 Å². The van der Waals surface area contributed by atoms with Crippen molar-refractivity contribution in [2.45, 2.75) is 31.3 Å². The SMILES string of the molecule is NCCC(=O)C(N)(N)CCC(=O)OCCC=O. The van der Waals surface area contributed by atoms with Crippen molar-refractivity contribution in [2.75, 3.05) is 13.2 Å². The van der Waals surface area contributed by atoms with Gasteiger partial charge in [0, 0.05) is 19.3 Å². The third kappa shape index (κ3) is 6.77. The Morgan fingerprint density at radius 1 is 1.24 bits per heavy atom. The van der Waals surface area contributed by atoms with Crippen molar-refractivity contribution in [1.29, 1.82) is 0 Å². The minimum atomic E-state index is -1.55. The normalized spacial score (nSPS) is 11.0. The smallest absolute Gasteiger partial charge is 0.305 e. The minimum Gasteiger partial charge on any atom is -0.465 e. The molecule has 0 aliphatic heterocycles. The van der Waals surface area contributed by atoms with E-state index >= 15 is 0 Å². The maximum atomic E-state index is 11.4. The van der Waals surface area contributed by atoms with Crippen molar-refractivity contribution in [2.24, 2.45) is 17.2 Å². The lowest BCUT2D eigenvalue weighted by atomic mass is 9.98. The molecule has 98 valence electrons. The fourth-order valence-electron chi connectivity index (χ4n) is 1.11. The van der Waals surface area contributed by atoms with E-state index in [9.17, 15) is 14.4 Å². The first kappa shape index (κ1) is 15.7. The van der Waals surface area contributed by atoms with Gasteiger partial charge in [0.15, 0.2) is 5.78 Å². The van der Waals surface area contributed by atoms with Gasteiger partial charge in [-0.1, -0.05) is 0 Å². The summed E-state index contributed by atoms with van der Waals surface area (Å²) in [6.45, 7) is 0.194. The van der Waals surface area contributed by atoms with E-state index in [0.717, 1.165) is 0 Å². The van der Waals surface area contributed by atoms with Crippen LogP contribution >= 0.6 is 0 Å². The van der Waals surface area contributed by atoms with Gasteiger partial charge >= 0.3 is 5.97 Å². The van der Waals surface area contributed by atoms with E-state index < -0.39 is 11.6 Å². The average Bonchev–Trinajstić information content (AvgIpc) is 2.27. The standard InChI is InChI=1S/C10H19N3O4/c11-5-3-8(15)10(12,13)4-2-9(16)17-7-1-6-14/h6H,1-5,7,11-13H2. The van der Waals surface area contributed by atoms with Gasteiger partial charge in [-0.15, -0.1) is 0 Å². The van der Waals surface area contributed by atoms with Gasteiger partial charge in [-0.3, -0.25) is 9.59 Å². The molecule has 7 nitrogen and oxygen atoms in total. The molecule has 0 bridgehead atoms. The Labute approximate surface area is 99.6 Å². The van der Waals surface area contributed by atoms with E-state index in [1.54, 1.807) is 0 Å². The zero-order valence-electron chi connectivity index (χ0n) is 9.69. The summed E-state index contributed by atoms with van der Waals surface area (Å²) in [6.07, 6.45) is 0.795. The van der Waals surface area contributed by atoms with Crippen molar-refractivity contribution in [3.8, 4) is 0 Å². The number of aldehydes is 1. The zero-order chi connectivity index (χ0) is 13.3. The highest BCUT2D eigenvalue weighted by Gasteiger charge is 2.28. The number of Topliss-reactive ketones (excluding diaryl/α,β-unsaturated/α-hetero) is 1. The van der Waals surface area contributed by atoms with E-state index in [-0.39, 0.29) is 44.6 Å². The first-order chi connectivity index (χ1) is 7.94. The molecular weight excluding hydrogens is 226 g/mol. The van der Waals surface area contributed by atoms with Crippen LogP contribution in [0.1, 0.15) is 25.7 Å². The quantitative estimate of drug-likeness (QED) is 0.193. The fraction of sp³-hybridized carbons (Fsp3) is 0.700. The van der Waals surface area contributed by atoms with Crippen LogP contribution < -0.4 is 17.2 Å². The van der Waals surface area contributed by atoms with Crippen molar-refractivity contribution in [1.82, 2.24) is 0 Å². The molecule has 0 fully saturated rings. The number of esters is 1. The number of ether oxygens (including phenoxy) is 1. The molecule has 0 spiro atoms. The predicted octanol–water partition coefficient (Wildman–Crippen LogP) is -1.57. The average molecular weight is 245 g/mol. The lowest BCUT2D eigenvalue weighted by Crippen LogP contribution is -2.57. The summed E-state index contributed by atoms with van der Waals surface area (Å²) < 4.78 is 4.70. The number of rotatable bonds is 9. The van der Waals surface area contributed by atoms with Crippen molar-refractivity contribution < 1.29 is 19.1 Å². The number of carbonyl (C=O) groups excluding carboxylic acids is 3. The lowest BCUT2D eigenvalue weighted by molar-refractivity contribution is -0.144. The fourth-order valence-corrected chi connectivity index (χ4v) is 1.11. The molecule has 0 aliphatic rings. The van der Waals surface area contributed by atoms with Gasteiger partial charge < -0.3 is 26.7 Å². The van der Waals surface area contributed by atoms with E-state index in [1.165, 1.54) is 0 Å². The summed E-state index contributed by atoms with van der Waals surface area (Å²) in [5.41, 5.74) is 14.8.